The summed E-state index contributed by atoms with van der Waals surface area (Å²) in [6.07, 6.45) is 4.38. The van der Waals surface area contributed by atoms with E-state index in [1.165, 1.54) is 29.0 Å². The van der Waals surface area contributed by atoms with Crippen LogP contribution in [0.4, 0.5) is 5.82 Å². The van der Waals surface area contributed by atoms with E-state index in [1.54, 1.807) is 18.2 Å². The number of aliphatic carboxylic acids is 1. The SMILES string of the molecule is CC(C)(C)c1ccc(CN(Cc2ccnc(NCC(=O)O)c2)S(=O)(=O)c2cccnc2)cc1.Cl. The number of rotatable bonds is 9. The molecule has 0 saturated carbocycles. The Bertz CT molecular complexity index is 1200. The van der Waals surface area contributed by atoms with Gasteiger partial charge in [-0.25, -0.2) is 13.4 Å². The second-order valence-corrected chi connectivity index (χ2v) is 10.6. The van der Waals surface area contributed by atoms with Crippen LogP contribution < -0.4 is 5.32 Å². The van der Waals surface area contributed by atoms with Gasteiger partial charge in [-0.3, -0.25) is 9.78 Å². The molecule has 0 aliphatic heterocycles. The number of anilines is 1. The molecule has 0 radical (unpaired) electrons. The number of sulfonamides is 1. The molecule has 2 aromatic heterocycles. The predicted octanol–water partition coefficient (Wildman–Crippen LogP) is 4.08. The normalized spacial score (nSPS) is 11.6. The van der Waals surface area contributed by atoms with Crippen molar-refractivity contribution in [3.05, 3.63) is 83.8 Å². The second kappa shape index (κ2) is 11.4. The molecule has 0 amide bonds. The fourth-order valence-corrected chi connectivity index (χ4v) is 4.61. The molecule has 0 saturated heterocycles. The van der Waals surface area contributed by atoms with Crippen LogP contribution >= 0.6 is 12.4 Å². The molecule has 0 bridgehead atoms. The van der Waals surface area contributed by atoms with Gasteiger partial charge < -0.3 is 10.4 Å². The first kappa shape index (κ1) is 27.2. The Morgan fingerprint density at radius 1 is 1.03 bits per heavy atom. The molecule has 3 aromatic rings. The van der Waals surface area contributed by atoms with Crippen molar-refractivity contribution in [3.8, 4) is 0 Å². The van der Waals surface area contributed by atoms with Gasteiger partial charge in [0.15, 0.2) is 0 Å². The van der Waals surface area contributed by atoms with Crippen molar-refractivity contribution >= 4 is 34.2 Å². The Morgan fingerprint density at radius 3 is 2.29 bits per heavy atom. The Morgan fingerprint density at radius 2 is 1.71 bits per heavy atom. The molecule has 3 rings (SSSR count). The third-order valence-electron chi connectivity index (χ3n) is 5.06. The van der Waals surface area contributed by atoms with E-state index < -0.39 is 16.0 Å². The van der Waals surface area contributed by atoms with Gasteiger partial charge in [-0.15, -0.1) is 12.4 Å². The third-order valence-corrected chi connectivity index (χ3v) is 6.83. The van der Waals surface area contributed by atoms with Crippen molar-refractivity contribution in [1.82, 2.24) is 14.3 Å². The predicted molar refractivity (Wildman–Crippen MR) is 133 cm³/mol. The van der Waals surface area contributed by atoms with Crippen LogP contribution in [0.25, 0.3) is 0 Å². The van der Waals surface area contributed by atoms with Crippen LogP contribution in [0.15, 0.2) is 72.0 Å². The average Bonchev–Trinajstić information content (AvgIpc) is 2.78. The zero-order valence-electron chi connectivity index (χ0n) is 19.3. The van der Waals surface area contributed by atoms with Crippen molar-refractivity contribution in [2.45, 2.75) is 44.2 Å². The van der Waals surface area contributed by atoms with Crippen molar-refractivity contribution in [1.29, 1.82) is 0 Å². The van der Waals surface area contributed by atoms with Gasteiger partial charge in [-0.1, -0.05) is 45.0 Å². The Kier molecular flexibility index (Phi) is 9.14. The molecule has 10 heteroatoms. The molecule has 182 valence electrons. The maximum absolute atomic E-state index is 13.4. The van der Waals surface area contributed by atoms with Gasteiger partial charge in [0.1, 0.15) is 17.3 Å². The summed E-state index contributed by atoms with van der Waals surface area (Å²) in [6, 6.07) is 14.4. The summed E-state index contributed by atoms with van der Waals surface area (Å²) < 4.78 is 28.3. The van der Waals surface area contributed by atoms with Gasteiger partial charge in [-0.2, -0.15) is 4.31 Å². The number of aromatic nitrogens is 2. The lowest BCUT2D eigenvalue weighted by atomic mass is 9.87. The molecule has 0 spiro atoms. The number of hydrogen-bond acceptors (Lipinski definition) is 6. The monoisotopic (exact) mass is 504 g/mol. The lowest BCUT2D eigenvalue weighted by Crippen LogP contribution is -2.30. The minimum atomic E-state index is -3.84. The highest BCUT2D eigenvalue weighted by Crippen LogP contribution is 2.25. The Balaban J connectivity index is 0.00000408. The molecular formula is C24H29ClN4O4S. The second-order valence-electron chi connectivity index (χ2n) is 8.71. The summed E-state index contributed by atoms with van der Waals surface area (Å²) in [5.41, 5.74) is 2.69. The summed E-state index contributed by atoms with van der Waals surface area (Å²) in [4.78, 5) is 19.0. The highest BCUT2D eigenvalue weighted by Gasteiger charge is 2.25. The summed E-state index contributed by atoms with van der Waals surface area (Å²) in [7, 11) is -3.84. The van der Waals surface area contributed by atoms with E-state index in [0.29, 0.717) is 11.4 Å². The zero-order chi connectivity index (χ0) is 24.1. The molecule has 2 N–H and O–H groups in total. The number of benzene rings is 1. The average molecular weight is 505 g/mol. The molecule has 1 aromatic carbocycles. The number of carboxylic acid groups (broad SMARTS) is 1. The summed E-state index contributed by atoms with van der Waals surface area (Å²) >= 11 is 0. The number of hydrogen-bond donors (Lipinski definition) is 2. The van der Waals surface area contributed by atoms with Gasteiger partial charge in [0.05, 0.1) is 0 Å². The number of pyridine rings is 2. The first-order valence-corrected chi connectivity index (χ1v) is 11.9. The fourth-order valence-electron chi connectivity index (χ4n) is 3.23. The van der Waals surface area contributed by atoms with Crippen LogP contribution in [0.1, 0.15) is 37.5 Å². The van der Waals surface area contributed by atoms with Crippen LogP contribution in [0.3, 0.4) is 0 Å². The van der Waals surface area contributed by atoms with E-state index in [-0.39, 0.29) is 42.4 Å². The molecule has 0 atom stereocenters. The molecule has 34 heavy (non-hydrogen) atoms. The van der Waals surface area contributed by atoms with Gasteiger partial charge >= 0.3 is 5.97 Å². The molecular weight excluding hydrogens is 476 g/mol. The lowest BCUT2D eigenvalue weighted by Gasteiger charge is -2.24. The number of carbonyl (C=O) groups is 1. The molecule has 2 heterocycles. The fraction of sp³-hybridized carbons (Fsp3) is 0.292. The number of carboxylic acids is 1. The van der Waals surface area contributed by atoms with Gasteiger partial charge in [0.25, 0.3) is 0 Å². The first-order chi connectivity index (χ1) is 15.6. The maximum atomic E-state index is 13.4. The van der Waals surface area contributed by atoms with Crippen molar-refractivity contribution < 1.29 is 18.3 Å². The minimum Gasteiger partial charge on any atom is -0.480 e. The van der Waals surface area contributed by atoms with Gasteiger partial charge in [-0.05, 0) is 46.4 Å². The quantitative estimate of drug-likeness (QED) is 0.451. The molecule has 0 aliphatic rings. The van der Waals surface area contributed by atoms with Crippen LogP contribution in [-0.4, -0.2) is 40.3 Å². The highest BCUT2D eigenvalue weighted by atomic mass is 35.5. The molecule has 0 aliphatic carbocycles. The van der Waals surface area contributed by atoms with Crippen LogP contribution in [-0.2, 0) is 33.3 Å². The number of nitrogens with one attached hydrogen (secondary N) is 1. The van der Waals surface area contributed by atoms with E-state index in [0.717, 1.165) is 11.1 Å². The summed E-state index contributed by atoms with van der Waals surface area (Å²) in [5, 5.41) is 11.6. The van der Waals surface area contributed by atoms with Crippen LogP contribution in [0, 0.1) is 0 Å². The Labute approximate surface area is 206 Å². The lowest BCUT2D eigenvalue weighted by molar-refractivity contribution is -0.134. The third kappa shape index (κ3) is 7.24. The highest BCUT2D eigenvalue weighted by molar-refractivity contribution is 7.89. The van der Waals surface area contributed by atoms with Crippen molar-refractivity contribution in [2.24, 2.45) is 0 Å². The number of nitrogens with zero attached hydrogens (tertiary/aromatic N) is 3. The minimum absolute atomic E-state index is 0. The van der Waals surface area contributed by atoms with E-state index >= 15 is 0 Å². The van der Waals surface area contributed by atoms with E-state index in [1.807, 2.05) is 24.3 Å². The smallest absolute Gasteiger partial charge is 0.322 e. The van der Waals surface area contributed by atoms with E-state index in [2.05, 4.69) is 36.1 Å². The first-order valence-electron chi connectivity index (χ1n) is 10.5. The molecule has 8 nitrogen and oxygen atoms in total. The van der Waals surface area contributed by atoms with Crippen LogP contribution in [0.2, 0.25) is 0 Å². The standard InChI is InChI=1S/C24H28N4O4S.ClH/c1-24(2,3)20-8-6-18(7-9-20)16-28(33(31,32)21-5-4-11-25-14-21)17-19-10-12-26-22(13-19)27-15-23(29)30;/h4-14H,15-17H2,1-3H3,(H,26,27)(H,29,30);1H. The largest absolute Gasteiger partial charge is 0.480 e. The topological polar surface area (TPSA) is 112 Å². The summed E-state index contributed by atoms with van der Waals surface area (Å²) in [5.74, 6) is -0.648. The van der Waals surface area contributed by atoms with E-state index in [4.69, 9.17) is 5.11 Å². The Hall–Kier alpha value is -3.01. The van der Waals surface area contributed by atoms with Crippen LogP contribution in [0.5, 0.6) is 0 Å². The van der Waals surface area contributed by atoms with Gasteiger partial charge in [0, 0.05) is 31.7 Å². The number of halogens is 1. The molecule has 0 fully saturated rings. The van der Waals surface area contributed by atoms with Crippen molar-refractivity contribution in [3.63, 3.8) is 0 Å². The summed E-state index contributed by atoms with van der Waals surface area (Å²) in [6.45, 7) is 6.35. The maximum Gasteiger partial charge on any atom is 0.322 e. The van der Waals surface area contributed by atoms with Crippen molar-refractivity contribution in [2.75, 3.05) is 11.9 Å². The van der Waals surface area contributed by atoms with Gasteiger partial charge in [0.2, 0.25) is 10.0 Å². The molecule has 0 unspecified atom stereocenters. The van der Waals surface area contributed by atoms with E-state index in [9.17, 15) is 13.2 Å². The zero-order valence-corrected chi connectivity index (χ0v) is 20.9.